The van der Waals surface area contributed by atoms with Gasteiger partial charge in [0.15, 0.2) is 0 Å². The maximum absolute atomic E-state index is 11.4. The van der Waals surface area contributed by atoms with Gasteiger partial charge in [-0.25, -0.2) is 0 Å². The number of rotatable bonds is 4. The third-order valence-corrected chi connectivity index (χ3v) is 5.38. The lowest BCUT2D eigenvalue weighted by Gasteiger charge is -2.27. The van der Waals surface area contributed by atoms with Crippen LogP contribution >= 0.6 is 0 Å². The van der Waals surface area contributed by atoms with Crippen molar-refractivity contribution in [2.24, 2.45) is 16.0 Å². The Balaban J connectivity index is 2.43. The molecule has 0 saturated carbocycles. The normalized spacial score (nSPS) is 25.5. The van der Waals surface area contributed by atoms with E-state index in [1.807, 2.05) is 0 Å². The van der Waals surface area contributed by atoms with Crippen LogP contribution in [0.5, 0.6) is 0 Å². The summed E-state index contributed by atoms with van der Waals surface area (Å²) in [5.74, 6) is 0. The van der Waals surface area contributed by atoms with Crippen LogP contribution in [0, 0.1) is 0 Å². The summed E-state index contributed by atoms with van der Waals surface area (Å²) < 4.78 is 63.8. The second kappa shape index (κ2) is 5.94. The number of nitrogens with zero attached hydrogens (tertiary/aromatic N) is 2. The average molecular weight is 359 g/mol. The van der Waals surface area contributed by atoms with Crippen LogP contribution in [0.25, 0.3) is 0 Å². The van der Waals surface area contributed by atoms with E-state index in [9.17, 15) is 21.4 Å². The van der Waals surface area contributed by atoms with Crippen molar-refractivity contribution in [3.63, 3.8) is 0 Å². The zero-order chi connectivity index (χ0) is 17.3. The largest absolute Gasteiger partial charge is 0.303 e. The predicted octanol–water partition coefficient (Wildman–Crippen LogP) is 1.02. The molecule has 0 spiro atoms. The lowest BCUT2D eigenvalue weighted by Crippen LogP contribution is -2.51. The van der Waals surface area contributed by atoms with Crippen LogP contribution in [0.2, 0.25) is 0 Å². The van der Waals surface area contributed by atoms with Crippen molar-refractivity contribution in [2.75, 3.05) is 0 Å². The maximum Gasteiger partial charge on any atom is 0.293 e. The van der Waals surface area contributed by atoms with Crippen LogP contribution < -0.4 is 5.73 Å². The summed E-state index contributed by atoms with van der Waals surface area (Å²) in [5.41, 5.74) is 5.92. The molecule has 2 rings (SSSR count). The van der Waals surface area contributed by atoms with E-state index in [2.05, 4.69) is 10.2 Å². The monoisotopic (exact) mass is 359 g/mol. The molecule has 4 N–H and O–H groups in total. The predicted molar refractivity (Wildman–Crippen MR) is 82.0 cm³/mol. The second-order valence-electron chi connectivity index (χ2n) is 4.67. The van der Waals surface area contributed by atoms with Crippen molar-refractivity contribution in [1.82, 2.24) is 0 Å². The summed E-state index contributed by atoms with van der Waals surface area (Å²) in [4.78, 5) is -3.87. The van der Waals surface area contributed by atoms with E-state index in [0.717, 1.165) is 18.2 Å². The number of azo groups is 1. The second-order valence-corrected chi connectivity index (χ2v) is 7.69. The SMILES string of the molecule is NC1(S(=O)(=O)O)C=CC(N=Nc2ccccc2)C=C1S(=O)(=O)O. The van der Waals surface area contributed by atoms with E-state index in [4.69, 9.17) is 10.3 Å². The minimum Gasteiger partial charge on any atom is -0.303 e. The lowest BCUT2D eigenvalue weighted by molar-refractivity contribution is 0.451. The zero-order valence-corrected chi connectivity index (χ0v) is 13.1. The minimum atomic E-state index is -5.04. The van der Waals surface area contributed by atoms with Gasteiger partial charge in [-0.3, -0.25) is 9.11 Å². The zero-order valence-electron chi connectivity index (χ0n) is 11.5. The highest BCUT2D eigenvalue weighted by atomic mass is 32.2. The van der Waals surface area contributed by atoms with Gasteiger partial charge in [0.05, 0.1) is 5.69 Å². The lowest BCUT2D eigenvalue weighted by atomic mass is 10.1. The fourth-order valence-electron chi connectivity index (χ4n) is 1.87. The standard InChI is InChI=1S/C12H13N3O6S2/c13-12(23(19,20)21)7-6-10(8-11(12)22(16,17)18)15-14-9-4-2-1-3-5-9/h1-8,10H,13H2,(H,16,17,18)(H,19,20,21). The Morgan fingerprint density at radius 2 is 1.70 bits per heavy atom. The first-order valence-corrected chi connectivity index (χ1v) is 9.03. The first kappa shape index (κ1) is 17.4. The quantitative estimate of drug-likeness (QED) is 0.411. The molecule has 11 heteroatoms. The molecule has 0 fully saturated rings. The van der Waals surface area contributed by atoms with Crippen LogP contribution in [-0.4, -0.2) is 36.9 Å². The van der Waals surface area contributed by atoms with Crippen LogP contribution in [0.3, 0.4) is 0 Å². The van der Waals surface area contributed by atoms with Gasteiger partial charge in [0.2, 0.25) is 4.87 Å². The molecule has 2 unspecified atom stereocenters. The number of benzene rings is 1. The van der Waals surface area contributed by atoms with Crippen molar-refractivity contribution >= 4 is 25.9 Å². The summed E-state index contributed by atoms with van der Waals surface area (Å²) in [6.07, 6.45) is 2.69. The Bertz CT molecular complexity index is 890. The third kappa shape index (κ3) is 3.71. The van der Waals surface area contributed by atoms with Crippen LogP contribution in [0.15, 0.2) is 63.7 Å². The van der Waals surface area contributed by atoms with Gasteiger partial charge in [-0.15, -0.1) is 0 Å². The van der Waals surface area contributed by atoms with E-state index >= 15 is 0 Å². The third-order valence-electron chi connectivity index (χ3n) is 3.02. The summed E-state index contributed by atoms with van der Waals surface area (Å²) in [6.45, 7) is 0. The van der Waals surface area contributed by atoms with Crippen molar-refractivity contribution in [1.29, 1.82) is 0 Å². The molecule has 1 aromatic rings. The first-order chi connectivity index (χ1) is 10.5. The molecule has 0 bridgehead atoms. The van der Waals surface area contributed by atoms with Crippen LogP contribution in [-0.2, 0) is 20.2 Å². The van der Waals surface area contributed by atoms with Gasteiger partial charge in [0, 0.05) is 0 Å². The summed E-state index contributed by atoms with van der Waals surface area (Å²) in [5, 5.41) is 7.68. The highest BCUT2D eigenvalue weighted by molar-refractivity contribution is 7.93. The number of hydrogen-bond acceptors (Lipinski definition) is 7. The number of hydrogen-bond donors (Lipinski definition) is 3. The van der Waals surface area contributed by atoms with Crippen molar-refractivity contribution in [2.45, 2.75) is 10.9 Å². The summed E-state index contributed by atoms with van der Waals surface area (Å²) in [6, 6.07) is 7.52. The molecule has 0 aliphatic heterocycles. The molecule has 23 heavy (non-hydrogen) atoms. The Kier molecular flexibility index (Phi) is 4.50. The molecule has 0 amide bonds. The van der Waals surface area contributed by atoms with Gasteiger partial charge >= 0.3 is 0 Å². The fraction of sp³-hybridized carbons (Fsp3) is 0.167. The van der Waals surface area contributed by atoms with E-state index in [0.29, 0.717) is 5.69 Å². The number of nitrogens with two attached hydrogens (primary N) is 1. The molecule has 124 valence electrons. The van der Waals surface area contributed by atoms with Gasteiger partial charge in [-0.2, -0.15) is 27.1 Å². The smallest absolute Gasteiger partial charge is 0.293 e. The molecular formula is C12H13N3O6S2. The average Bonchev–Trinajstić information content (AvgIpc) is 2.45. The van der Waals surface area contributed by atoms with Crippen LogP contribution in [0.1, 0.15) is 0 Å². The van der Waals surface area contributed by atoms with Crippen molar-refractivity contribution < 1.29 is 25.9 Å². The van der Waals surface area contributed by atoms with Crippen molar-refractivity contribution in [3.8, 4) is 0 Å². The molecule has 9 nitrogen and oxygen atoms in total. The van der Waals surface area contributed by atoms with Gasteiger partial charge < -0.3 is 5.73 Å². The highest BCUT2D eigenvalue weighted by Crippen LogP contribution is 2.31. The van der Waals surface area contributed by atoms with Gasteiger partial charge in [-0.05, 0) is 24.3 Å². The van der Waals surface area contributed by atoms with Crippen LogP contribution in [0.4, 0.5) is 5.69 Å². The Morgan fingerprint density at radius 1 is 1.09 bits per heavy atom. The fourth-order valence-corrected chi connectivity index (χ4v) is 3.85. The van der Waals surface area contributed by atoms with Gasteiger partial charge in [0.1, 0.15) is 10.9 Å². The molecule has 1 aliphatic rings. The van der Waals surface area contributed by atoms with E-state index in [1.54, 1.807) is 30.3 Å². The first-order valence-electron chi connectivity index (χ1n) is 6.15. The molecule has 0 radical (unpaired) electrons. The Morgan fingerprint density at radius 3 is 2.22 bits per heavy atom. The topological polar surface area (TPSA) is 159 Å². The van der Waals surface area contributed by atoms with E-state index in [-0.39, 0.29) is 0 Å². The summed E-state index contributed by atoms with van der Waals surface area (Å²) >= 11 is 0. The van der Waals surface area contributed by atoms with E-state index in [1.165, 1.54) is 0 Å². The molecule has 1 aliphatic carbocycles. The maximum atomic E-state index is 11.4. The van der Waals surface area contributed by atoms with E-state index < -0.39 is 36.1 Å². The Hall–Kier alpha value is -1.92. The molecule has 0 heterocycles. The van der Waals surface area contributed by atoms with Crippen molar-refractivity contribution in [3.05, 3.63) is 53.5 Å². The highest BCUT2D eigenvalue weighted by Gasteiger charge is 2.48. The summed E-state index contributed by atoms with van der Waals surface area (Å²) in [7, 11) is -10.0. The minimum absolute atomic E-state index is 0.488. The molecule has 1 aromatic carbocycles. The molecule has 0 aromatic heterocycles. The molecule has 2 atom stereocenters. The molecule has 0 saturated heterocycles. The van der Waals surface area contributed by atoms with Gasteiger partial charge in [-0.1, -0.05) is 24.3 Å². The Labute approximate surface area is 132 Å². The molecular weight excluding hydrogens is 346 g/mol. The van der Waals surface area contributed by atoms with Gasteiger partial charge in [0.25, 0.3) is 20.2 Å².